The molecule has 2 fully saturated rings. The molecule has 1 N–H and O–H groups in total. The molecule has 2 aliphatic rings. The van der Waals surface area contributed by atoms with Crippen LogP contribution in [0, 0.1) is 0 Å². The van der Waals surface area contributed by atoms with Gasteiger partial charge in [-0.3, -0.25) is 9.69 Å². The number of fused-ring (bicyclic) bond motifs is 1. The predicted molar refractivity (Wildman–Crippen MR) is 132 cm³/mol. The molecule has 9 heteroatoms. The number of hydrogen-bond acceptors (Lipinski definition) is 7. The molecule has 9 nitrogen and oxygen atoms in total. The van der Waals surface area contributed by atoms with E-state index in [0.29, 0.717) is 12.8 Å². The summed E-state index contributed by atoms with van der Waals surface area (Å²) in [5, 5.41) is 16.6. The fourth-order valence-corrected chi connectivity index (χ4v) is 4.87. The van der Waals surface area contributed by atoms with Crippen LogP contribution in [0.3, 0.4) is 0 Å². The van der Waals surface area contributed by atoms with Crippen molar-refractivity contribution in [1.82, 2.24) is 34.9 Å². The Labute approximate surface area is 200 Å². The summed E-state index contributed by atoms with van der Waals surface area (Å²) in [6, 6.07) is 14.7. The summed E-state index contributed by atoms with van der Waals surface area (Å²) >= 11 is 0. The van der Waals surface area contributed by atoms with Crippen LogP contribution in [0.25, 0.3) is 5.65 Å². The summed E-state index contributed by atoms with van der Waals surface area (Å²) in [5.41, 5.74) is 2.04. The summed E-state index contributed by atoms with van der Waals surface area (Å²) in [7, 11) is 2.14. The average Bonchev–Trinajstić information content (AvgIpc) is 3.26. The molecule has 1 atom stereocenters. The van der Waals surface area contributed by atoms with Crippen LogP contribution < -0.4 is 10.2 Å². The molecule has 180 valence electrons. The number of hydrogen-bond donors (Lipinski definition) is 1. The molecule has 4 heterocycles. The van der Waals surface area contributed by atoms with Gasteiger partial charge in [-0.1, -0.05) is 30.3 Å². The molecule has 2 aliphatic heterocycles. The molecule has 0 aliphatic carbocycles. The fourth-order valence-electron chi connectivity index (χ4n) is 4.87. The Kier molecular flexibility index (Phi) is 7.01. The number of likely N-dealkylation sites (tertiary alicyclic amines) is 1. The van der Waals surface area contributed by atoms with Gasteiger partial charge in [-0.05, 0) is 44.1 Å². The van der Waals surface area contributed by atoms with Crippen molar-refractivity contribution in [3.05, 3.63) is 53.9 Å². The lowest BCUT2D eigenvalue weighted by Gasteiger charge is -2.33. The number of aromatic nitrogens is 4. The number of carbonyl (C=O) groups is 1. The molecule has 1 aromatic carbocycles. The van der Waals surface area contributed by atoms with E-state index in [1.807, 2.05) is 18.2 Å². The summed E-state index contributed by atoms with van der Waals surface area (Å²) < 4.78 is 1.79. The Balaban J connectivity index is 1.15. The summed E-state index contributed by atoms with van der Waals surface area (Å²) in [4.78, 5) is 19.8. The van der Waals surface area contributed by atoms with E-state index in [2.05, 4.69) is 61.5 Å². The monoisotopic (exact) mass is 462 g/mol. The molecule has 1 unspecified atom stereocenters. The van der Waals surface area contributed by atoms with E-state index in [1.165, 1.54) is 5.56 Å². The number of likely N-dealkylation sites (N-methyl/N-ethyl adjacent to an activating group) is 1. The van der Waals surface area contributed by atoms with E-state index in [0.717, 1.165) is 75.9 Å². The van der Waals surface area contributed by atoms with Crippen molar-refractivity contribution in [2.45, 2.75) is 38.3 Å². The first-order valence-electron chi connectivity index (χ1n) is 12.3. The maximum Gasteiger partial charge on any atom is 0.220 e. The number of piperazine rings is 1. The third-order valence-electron chi connectivity index (χ3n) is 6.84. The minimum absolute atomic E-state index is 0.0681. The quantitative estimate of drug-likeness (QED) is 0.571. The molecular formula is C25H34N8O. The van der Waals surface area contributed by atoms with E-state index in [-0.39, 0.29) is 11.9 Å². The van der Waals surface area contributed by atoms with Gasteiger partial charge < -0.3 is 15.1 Å². The molecule has 1 amide bonds. The number of piperidine rings is 1. The molecule has 0 spiro atoms. The zero-order chi connectivity index (χ0) is 23.3. The van der Waals surface area contributed by atoms with Crippen LogP contribution in [0.1, 0.15) is 30.7 Å². The van der Waals surface area contributed by atoms with Gasteiger partial charge in [0.1, 0.15) is 5.82 Å². The van der Waals surface area contributed by atoms with Crippen LogP contribution in [-0.2, 0) is 17.8 Å². The van der Waals surface area contributed by atoms with Crippen LogP contribution in [0.5, 0.6) is 0 Å². The highest BCUT2D eigenvalue weighted by Gasteiger charge is 2.22. The van der Waals surface area contributed by atoms with Gasteiger partial charge in [0.25, 0.3) is 0 Å². The Morgan fingerprint density at radius 3 is 2.68 bits per heavy atom. The number of amides is 1. The molecular weight excluding hydrogens is 428 g/mol. The van der Waals surface area contributed by atoms with Gasteiger partial charge in [-0.15, -0.1) is 15.3 Å². The van der Waals surface area contributed by atoms with Gasteiger partial charge in [0.15, 0.2) is 11.5 Å². The number of anilines is 1. The predicted octanol–water partition coefficient (Wildman–Crippen LogP) is 1.59. The summed E-state index contributed by atoms with van der Waals surface area (Å²) in [6.07, 6.45) is 3.04. The number of carbonyl (C=O) groups excluding carboxylic acids is 1. The number of benzene rings is 1. The van der Waals surface area contributed by atoms with Crippen molar-refractivity contribution in [2.75, 3.05) is 51.2 Å². The molecule has 0 bridgehead atoms. The van der Waals surface area contributed by atoms with E-state index < -0.39 is 0 Å². The van der Waals surface area contributed by atoms with Crippen LogP contribution >= 0.6 is 0 Å². The van der Waals surface area contributed by atoms with E-state index >= 15 is 0 Å². The highest BCUT2D eigenvalue weighted by atomic mass is 16.1. The topological polar surface area (TPSA) is 81.9 Å². The Bertz CT molecular complexity index is 1090. The van der Waals surface area contributed by atoms with Gasteiger partial charge in [-0.25, -0.2) is 0 Å². The highest BCUT2D eigenvalue weighted by molar-refractivity contribution is 5.76. The maximum atomic E-state index is 12.7. The van der Waals surface area contributed by atoms with Crippen molar-refractivity contribution >= 4 is 17.4 Å². The zero-order valence-corrected chi connectivity index (χ0v) is 19.9. The van der Waals surface area contributed by atoms with Gasteiger partial charge in [0.2, 0.25) is 5.91 Å². The first-order valence-corrected chi connectivity index (χ1v) is 12.3. The molecule has 5 rings (SSSR count). The van der Waals surface area contributed by atoms with Crippen LogP contribution in [0.4, 0.5) is 5.82 Å². The lowest BCUT2D eigenvalue weighted by atomic mass is 10.0. The van der Waals surface area contributed by atoms with Crippen molar-refractivity contribution in [3.8, 4) is 0 Å². The number of nitrogens with one attached hydrogen (secondary N) is 1. The van der Waals surface area contributed by atoms with Crippen LogP contribution in [0.15, 0.2) is 42.5 Å². The standard InChI is InChI=1S/C25H34N8O/c1-30-14-16-32(17-15-30)24-10-9-22-27-28-23(33(22)29-24)11-12-25(34)26-21-8-5-13-31(19-21)18-20-6-3-2-4-7-20/h2-4,6-7,9-10,21H,5,8,11-19H2,1H3,(H,26,34). The Morgan fingerprint density at radius 2 is 1.85 bits per heavy atom. The summed E-state index contributed by atoms with van der Waals surface area (Å²) in [5.74, 6) is 1.74. The second kappa shape index (κ2) is 10.5. The van der Waals surface area contributed by atoms with Crippen molar-refractivity contribution in [2.24, 2.45) is 0 Å². The Hall–Kier alpha value is -3.04. The van der Waals surface area contributed by atoms with E-state index in [1.54, 1.807) is 4.52 Å². The van der Waals surface area contributed by atoms with Gasteiger partial charge >= 0.3 is 0 Å². The van der Waals surface area contributed by atoms with Crippen LogP contribution in [-0.4, -0.2) is 87.9 Å². The normalized spacial score (nSPS) is 20.0. The number of nitrogens with zero attached hydrogens (tertiary/aromatic N) is 7. The molecule has 2 saturated heterocycles. The largest absolute Gasteiger partial charge is 0.353 e. The third-order valence-corrected chi connectivity index (χ3v) is 6.84. The summed E-state index contributed by atoms with van der Waals surface area (Å²) in [6.45, 7) is 6.87. The number of rotatable bonds is 7. The lowest BCUT2D eigenvalue weighted by Crippen LogP contribution is -2.47. The third kappa shape index (κ3) is 5.53. The maximum absolute atomic E-state index is 12.7. The van der Waals surface area contributed by atoms with Crippen molar-refractivity contribution in [3.63, 3.8) is 0 Å². The average molecular weight is 463 g/mol. The van der Waals surface area contributed by atoms with E-state index in [4.69, 9.17) is 5.10 Å². The van der Waals surface area contributed by atoms with Crippen molar-refractivity contribution < 1.29 is 4.79 Å². The fraction of sp³-hybridized carbons (Fsp3) is 0.520. The smallest absolute Gasteiger partial charge is 0.220 e. The van der Waals surface area contributed by atoms with Crippen molar-refractivity contribution in [1.29, 1.82) is 0 Å². The van der Waals surface area contributed by atoms with Gasteiger partial charge in [-0.2, -0.15) is 4.52 Å². The second-order valence-corrected chi connectivity index (χ2v) is 9.50. The van der Waals surface area contributed by atoms with Gasteiger partial charge in [0.05, 0.1) is 0 Å². The lowest BCUT2D eigenvalue weighted by molar-refractivity contribution is -0.122. The van der Waals surface area contributed by atoms with Crippen LogP contribution in [0.2, 0.25) is 0 Å². The second-order valence-electron chi connectivity index (χ2n) is 9.50. The minimum atomic E-state index is 0.0681. The zero-order valence-electron chi connectivity index (χ0n) is 19.9. The van der Waals surface area contributed by atoms with Gasteiger partial charge in [0, 0.05) is 58.2 Å². The Morgan fingerprint density at radius 1 is 1.03 bits per heavy atom. The molecule has 0 radical (unpaired) electrons. The molecule has 0 saturated carbocycles. The molecule has 2 aromatic heterocycles. The van der Waals surface area contributed by atoms with E-state index in [9.17, 15) is 4.79 Å². The molecule has 34 heavy (non-hydrogen) atoms. The molecule has 3 aromatic rings. The first kappa shape index (κ1) is 22.7. The minimum Gasteiger partial charge on any atom is -0.353 e. The number of aryl methyl sites for hydroxylation is 1. The first-order chi connectivity index (χ1) is 16.6. The highest BCUT2D eigenvalue weighted by Crippen LogP contribution is 2.16. The SMILES string of the molecule is CN1CCN(c2ccc3nnc(CCC(=O)NC4CCCN(Cc5ccccc5)C4)n3n2)CC1.